The topological polar surface area (TPSA) is 79.6 Å². The molecule has 1 aliphatic heterocycles. The van der Waals surface area contributed by atoms with E-state index in [1.165, 1.54) is 11.8 Å². The van der Waals surface area contributed by atoms with Gasteiger partial charge in [-0.2, -0.15) is 0 Å². The monoisotopic (exact) mass is 424 g/mol. The summed E-state index contributed by atoms with van der Waals surface area (Å²) in [6.45, 7) is 8.01. The summed E-state index contributed by atoms with van der Waals surface area (Å²) < 4.78 is 0. The molecule has 0 saturated carbocycles. The van der Waals surface area contributed by atoms with Gasteiger partial charge in [0.15, 0.2) is 0 Å². The Morgan fingerprint density at radius 2 is 1.84 bits per heavy atom. The number of carbonyl (C=O) groups excluding carboxylic acids is 2. The van der Waals surface area contributed by atoms with Crippen LogP contribution >= 0.6 is 0 Å². The van der Waals surface area contributed by atoms with Gasteiger partial charge in [0.2, 0.25) is 5.91 Å². The number of nitrogens with one attached hydrogen (secondary N) is 2. The smallest absolute Gasteiger partial charge is 0.274 e. The van der Waals surface area contributed by atoms with Crippen LogP contribution in [0.2, 0.25) is 0 Å². The lowest BCUT2D eigenvalue weighted by Crippen LogP contribution is -3.12. The van der Waals surface area contributed by atoms with Crippen molar-refractivity contribution in [2.75, 3.05) is 26.2 Å². The number of nitrogens with zero attached hydrogens (tertiary/aromatic N) is 3. The molecule has 2 N–H and O–H groups in total. The van der Waals surface area contributed by atoms with Crippen LogP contribution in [-0.2, 0) is 11.3 Å². The summed E-state index contributed by atoms with van der Waals surface area (Å²) in [6, 6.07) is 10.8. The molecule has 166 valence electrons. The number of piperidine rings is 1. The summed E-state index contributed by atoms with van der Waals surface area (Å²) in [6.07, 6.45) is 6.22. The standard InChI is InChI=1S/C24H33N5O2/c1-3-12-29(24(31)22-17-25-19(2)16-26-22)15-11-23(30)27-21-9-13-28(14-10-21)18-20-7-5-4-6-8-20/h4-8,16-17,21H,3,9-15,18H2,1-2H3,(H,27,30)/p+1. The highest BCUT2D eigenvalue weighted by atomic mass is 16.2. The minimum atomic E-state index is -0.167. The average molecular weight is 425 g/mol. The maximum absolute atomic E-state index is 12.7. The molecule has 1 saturated heterocycles. The maximum Gasteiger partial charge on any atom is 0.274 e. The molecule has 0 unspecified atom stereocenters. The van der Waals surface area contributed by atoms with E-state index in [-0.39, 0.29) is 17.9 Å². The molecule has 0 aliphatic carbocycles. The van der Waals surface area contributed by atoms with Gasteiger partial charge in [-0.1, -0.05) is 37.3 Å². The molecule has 7 heteroatoms. The van der Waals surface area contributed by atoms with Crippen LogP contribution in [0.5, 0.6) is 0 Å². The lowest BCUT2D eigenvalue weighted by Gasteiger charge is -2.30. The quantitative estimate of drug-likeness (QED) is 0.638. The number of hydrogen-bond acceptors (Lipinski definition) is 4. The van der Waals surface area contributed by atoms with Crippen LogP contribution in [0.4, 0.5) is 0 Å². The Kier molecular flexibility index (Phi) is 8.53. The van der Waals surface area contributed by atoms with Crippen molar-refractivity contribution in [1.82, 2.24) is 20.2 Å². The van der Waals surface area contributed by atoms with Crippen molar-refractivity contribution in [3.05, 3.63) is 59.7 Å². The number of hydrogen-bond donors (Lipinski definition) is 2. The van der Waals surface area contributed by atoms with Gasteiger partial charge in [-0.15, -0.1) is 0 Å². The Hall–Kier alpha value is -2.80. The minimum Gasteiger partial charge on any atom is -0.353 e. The van der Waals surface area contributed by atoms with Gasteiger partial charge in [-0.3, -0.25) is 14.6 Å². The van der Waals surface area contributed by atoms with Crippen LogP contribution in [-0.4, -0.2) is 58.9 Å². The van der Waals surface area contributed by atoms with Crippen molar-refractivity contribution < 1.29 is 14.5 Å². The van der Waals surface area contributed by atoms with E-state index < -0.39 is 0 Å². The fraction of sp³-hybridized carbons (Fsp3) is 0.500. The van der Waals surface area contributed by atoms with E-state index >= 15 is 0 Å². The van der Waals surface area contributed by atoms with Crippen molar-refractivity contribution in [3.63, 3.8) is 0 Å². The third kappa shape index (κ3) is 7.14. The van der Waals surface area contributed by atoms with E-state index in [1.54, 1.807) is 16.0 Å². The number of quaternary nitrogens is 1. The largest absolute Gasteiger partial charge is 0.353 e. The number of carbonyl (C=O) groups is 2. The summed E-state index contributed by atoms with van der Waals surface area (Å²) >= 11 is 0. The molecule has 0 atom stereocenters. The minimum absolute atomic E-state index is 0.0143. The van der Waals surface area contributed by atoms with E-state index in [2.05, 4.69) is 39.6 Å². The summed E-state index contributed by atoms with van der Waals surface area (Å²) in [7, 11) is 0. The zero-order chi connectivity index (χ0) is 22.1. The zero-order valence-corrected chi connectivity index (χ0v) is 18.6. The van der Waals surface area contributed by atoms with Crippen LogP contribution in [0.15, 0.2) is 42.7 Å². The number of aryl methyl sites for hydroxylation is 1. The van der Waals surface area contributed by atoms with Crippen molar-refractivity contribution in [2.24, 2.45) is 0 Å². The highest BCUT2D eigenvalue weighted by molar-refractivity contribution is 5.92. The van der Waals surface area contributed by atoms with Crippen LogP contribution in [0.25, 0.3) is 0 Å². The first-order valence-electron chi connectivity index (χ1n) is 11.3. The highest BCUT2D eigenvalue weighted by Crippen LogP contribution is 2.06. The van der Waals surface area contributed by atoms with Gasteiger partial charge < -0.3 is 15.1 Å². The highest BCUT2D eigenvalue weighted by Gasteiger charge is 2.24. The predicted octanol–water partition coefficient (Wildman–Crippen LogP) is 1.39. The SMILES string of the molecule is CCCN(CCC(=O)NC1CC[NH+](Cc2ccccc2)CC1)C(=O)c1cnc(C)cn1. The van der Waals surface area contributed by atoms with Gasteiger partial charge in [-0.05, 0) is 13.3 Å². The lowest BCUT2D eigenvalue weighted by atomic mass is 10.0. The van der Waals surface area contributed by atoms with Gasteiger partial charge >= 0.3 is 0 Å². The molecule has 2 amide bonds. The molecule has 1 aromatic carbocycles. The fourth-order valence-corrected chi connectivity index (χ4v) is 4.02. The maximum atomic E-state index is 12.7. The van der Waals surface area contributed by atoms with E-state index in [1.807, 2.05) is 19.9 Å². The first-order chi connectivity index (χ1) is 15.0. The number of amides is 2. The number of aromatic nitrogens is 2. The molecule has 0 bridgehead atoms. The molecule has 1 aliphatic rings. The van der Waals surface area contributed by atoms with Gasteiger partial charge in [-0.25, -0.2) is 4.98 Å². The van der Waals surface area contributed by atoms with E-state index in [0.717, 1.165) is 44.6 Å². The normalized spacial score (nSPS) is 18.4. The Morgan fingerprint density at radius 3 is 2.48 bits per heavy atom. The van der Waals surface area contributed by atoms with Gasteiger partial charge in [0.1, 0.15) is 12.2 Å². The molecule has 0 radical (unpaired) electrons. The molecule has 0 spiro atoms. The van der Waals surface area contributed by atoms with Crippen LogP contribution in [0, 0.1) is 6.92 Å². The molecule has 1 fully saturated rings. The summed E-state index contributed by atoms with van der Waals surface area (Å²) in [5, 5.41) is 3.17. The van der Waals surface area contributed by atoms with Crippen molar-refractivity contribution >= 4 is 11.8 Å². The van der Waals surface area contributed by atoms with E-state index in [0.29, 0.717) is 25.2 Å². The molecule has 7 nitrogen and oxygen atoms in total. The molecule has 2 aromatic rings. The third-order valence-electron chi connectivity index (χ3n) is 5.74. The van der Waals surface area contributed by atoms with Crippen LogP contribution < -0.4 is 10.2 Å². The molecule has 31 heavy (non-hydrogen) atoms. The summed E-state index contributed by atoms with van der Waals surface area (Å²) in [4.78, 5) is 36.8. The summed E-state index contributed by atoms with van der Waals surface area (Å²) in [5.74, 6) is -0.152. The fourth-order valence-electron chi connectivity index (χ4n) is 4.02. The molecule has 2 heterocycles. The Bertz CT molecular complexity index is 833. The molecule has 1 aromatic heterocycles. The number of benzene rings is 1. The lowest BCUT2D eigenvalue weighted by molar-refractivity contribution is -0.918. The van der Waals surface area contributed by atoms with Gasteiger partial charge in [0.25, 0.3) is 5.91 Å². The van der Waals surface area contributed by atoms with E-state index in [4.69, 9.17) is 0 Å². The van der Waals surface area contributed by atoms with Crippen molar-refractivity contribution in [1.29, 1.82) is 0 Å². The predicted molar refractivity (Wildman–Crippen MR) is 120 cm³/mol. The zero-order valence-electron chi connectivity index (χ0n) is 18.6. The number of rotatable bonds is 9. The second kappa shape index (κ2) is 11.6. The van der Waals surface area contributed by atoms with Crippen molar-refractivity contribution in [3.8, 4) is 0 Å². The summed E-state index contributed by atoms with van der Waals surface area (Å²) in [5.41, 5.74) is 2.46. The first-order valence-corrected chi connectivity index (χ1v) is 11.3. The number of likely N-dealkylation sites (tertiary alicyclic amines) is 1. The Labute approximate surface area is 184 Å². The van der Waals surface area contributed by atoms with Crippen LogP contribution in [0.3, 0.4) is 0 Å². The Morgan fingerprint density at radius 1 is 1.10 bits per heavy atom. The van der Waals surface area contributed by atoms with Crippen LogP contribution in [0.1, 0.15) is 54.4 Å². The molecular formula is C24H34N5O2+. The molecule has 3 rings (SSSR count). The first kappa shape index (κ1) is 22.9. The average Bonchev–Trinajstić information content (AvgIpc) is 2.79. The van der Waals surface area contributed by atoms with E-state index in [9.17, 15) is 9.59 Å². The second-order valence-electron chi connectivity index (χ2n) is 8.34. The second-order valence-corrected chi connectivity index (χ2v) is 8.34. The van der Waals surface area contributed by atoms with Gasteiger partial charge in [0, 0.05) is 50.2 Å². The van der Waals surface area contributed by atoms with Crippen molar-refractivity contribution in [2.45, 2.75) is 52.1 Å². The Balaban J connectivity index is 1.42. The van der Waals surface area contributed by atoms with Gasteiger partial charge in [0.05, 0.1) is 25.0 Å². The molecular weight excluding hydrogens is 390 g/mol. The third-order valence-corrected chi connectivity index (χ3v) is 5.74.